The van der Waals surface area contributed by atoms with Gasteiger partial charge in [0.15, 0.2) is 0 Å². The summed E-state index contributed by atoms with van der Waals surface area (Å²) >= 11 is 0. The maximum atomic E-state index is 10.5. The highest BCUT2D eigenvalue weighted by molar-refractivity contribution is 5.66. The van der Waals surface area contributed by atoms with E-state index < -0.39 is 6.09 Å². The zero-order chi connectivity index (χ0) is 8.01. The summed E-state index contributed by atoms with van der Waals surface area (Å²) in [7, 11) is 0. The van der Waals surface area contributed by atoms with Crippen molar-refractivity contribution in [2.45, 2.75) is 25.0 Å². The standard InChI is InChI=1S/C7H11NO3/c9-6-2-5-1-4(6)3-8(5)7(10)11/h4-6,9H,1-3H2,(H,10,11)/t4-,5-,6-/m1/s1. The quantitative estimate of drug-likeness (QED) is 0.525. The van der Waals surface area contributed by atoms with Gasteiger partial charge in [-0.15, -0.1) is 0 Å². The van der Waals surface area contributed by atoms with Crippen LogP contribution in [-0.4, -0.2) is 39.9 Å². The molecule has 0 aromatic rings. The summed E-state index contributed by atoms with van der Waals surface area (Å²) in [6, 6.07) is 0.0903. The number of amides is 1. The topological polar surface area (TPSA) is 60.8 Å². The Labute approximate surface area is 64.4 Å². The lowest BCUT2D eigenvalue weighted by Gasteiger charge is -2.26. The Balaban J connectivity index is 2.08. The highest BCUT2D eigenvalue weighted by atomic mass is 16.4. The van der Waals surface area contributed by atoms with Crippen LogP contribution in [0.3, 0.4) is 0 Å². The van der Waals surface area contributed by atoms with Crippen molar-refractivity contribution in [2.75, 3.05) is 6.54 Å². The van der Waals surface area contributed by atoms with Gasteiger partial charge in [-0.05, 0) is 12.8 Å². The molecule has 2 fully saturated rings. The summed E-state index contributed by atoms with van der Waals surface area (Å²) in [6.07, 6.45) is 0.393. The van der Waals surface area contributed by atoms with Crippen LogP contribution in [0, 0.1) is 5.92 Å². The molecule has 3 atom stereocenters. The lowest BCUT2D eigenvalue weighted by molar-refractivity contribution is 0.0705. The molecule has 1 saturated heterocycles. The van der Waals surface area contributed by atoms with Gasteiger partial charge in [0.05, 0.1) is 6.10 Å². The Morgan fingerprint density at radius 3 is 2.55 bits per heavy atom. The van der Waals surface area contributed by atoms with Gasteiger partial charge in [0.1, 0.15) is 0 Å². The molecule has 0 unspecified atom stereocenters. The monoisotopic (exact) mass is 157 g/mol. The van der Waals surface area contributed by atoms with Crippen LogP contribution in [0.5, 0.6) is 0 Å². The van der Waals surface area contributed by atoms with Crippen molar-refractivity contribution < 1.29 is 15.0 Å². The first-order chi connectivity index (χ1) is 5.18. The molecule has 4 heteroatoms. The summed E-state index contributed by atoms with van der Waals surface area (Å²) < 4.78 is 0. The summed E-state index contributed by atoms with van der Waals surface area (Å²) in [4.78, 5) is 12.0. The van der Waals surface area contributed by atoms with E-state index in [2.05, 4.69) is 0 Å². The molecule has 1 amide bonds. The van der Waals surface area contributed by atoms with Crippen molar-refractivity contribution in [1.29, 1.82) is 0 Å². The van der Waals surface area contributed by atoms with Crippen LogP contribution in [0.1, 0.15) is 12.8 Å². The maximum Gasteiger partial charge on any atom is 0.407 e. The number of piperidine rings is 1. The third kappa shape index (κ3) is 0.894. The second-order valence-corrected chi connectivity index (χ2v) is 3.39. The average molecular weight is 157 g/mol. The molecule has 2 rings (SSSR count). The van der Waals surface area contributed by atoms with Crippen LogP contribution in [-0.2, 0) is 0 Å². The Bertz CT molecular complexity index is 192. The molecule has 2 N–H and O–H groups in total. The molecule has 11 heavy (non-hydrogen) atoms. The largest absolute Gasteiger partial charge is 0.465 e. The molecule has 0 spiro atoms. The van der Waals surface area contributed by atoms with Gasteiger partial charge in [-0.25, -0.2) is 4.79 Å². The van der Waals surface area contributed by atoms with Gasteiger partial charge in [0.25, 0.3) is 0 Å². The van der Waals surface area contributed by atoms with Crippen LogP contribution >= 0.6 is 0 Å². The van der Waals surface area contributed by atoms with Crippen LogP contribution in [0.15, 0.2) is 0 Å². The number of aliphatic hydroxyl groups excluding tert-OH is 1. The first-order valence-electron chi connectivity index (χ1n) is 3.86. The molecular weight excluding hydrogens is 146 g/mol. The normalized spacial score (nSPS) is 41.5. The van der Waals surface area contributed by atoms with Crippen molar-refractivity contribution in [1.82, 2.24) is 4.90 Å². The van der Waals surface area contributed by atoms with Crippen LogP contribution < -0.4 is 0 Å². The second kappa shape index (κ2) is 2.11. The summed E-state index contributed by atoms with van der Waals surface area (Å²) in [5.74, 6) is 0.205. The average Bonchev–Trinajstić information content (AvgIpc) is 2.43. The minimum Gasteiger partial charge on any atom is -0.465 e. The van der Waals surface area contributed by atoms with Crippen LogP contribution in [0.25, 0.3) is 0 Å². The van der Waals surface area contributed by atoms with E-state index in [4.69, 9.17) is 5.11 Å². The van der Waals surface area contributed by atoms with Crippen molar-refractivity contribution in [3.63, 3.8) is 0 Å². The molecular formula is C7H11NO3. The SMILES string of the molecule is O=C(O)N1C[C@H]2C[C@@H]1C[C@H]2O. The highest BCUT2D eigenvalue weighted by Crippen LogP contribution is 2.37. The Kier molecular flexibility index (Phi) is 1.32. The van der Waals surface area contributed by atoms with E-state index in [9.17, 15) is 9.90 Å². The molecule has 1 saturated carbocycles. The van der Waals surface area contributed by atoms with E-state index in [-0.39, 0.29) is 18.1 Å². The molecule has 2 aliphatic rings. The van der Waals surface area contributed by atoms with E-state index in [1.165, 1.54) is 4.90 Å². The Morgan fingerprint density at radius 2 is 2.18 bits per heavy atom. The fourth-order valence-corrected chi connectivity index (χ4v) is 2.16. The predicted molar refractivity (Wildman–Crippen MR) is 37.2 cm³/mol. The molecule has 1 heterocycles. The predicted octanol–water partition coefficient (Wildman–Crippen LogP) is 0.120. The summed E-state index contributed by atoms with van der Waals surface area (Å²) in [5, 5.41) is 18.0. The Hall–Kier alpha value is -0.770. The van der Waals surface area contributed by atoms with Crippen LogP contribution in [0.2, 0.25) is 0 Å². The molecule has 0 aromatic heterocycles. The maximum absolute atomic E-state index is 10.5. The van der Waals surface area contributed by atoms with E-state index in [1.54, 1.807) is 0 Å². The number of carboxylic acid groups (broad SMARTS) is 1. The van der Waals surface area contributed by atoms with E-state index in [0.717, 1.165) is 6.42 Å². The third-order valence-electron chi connectivity index (χ3n) is 2.75. The molecule has 62 valence electrons. The lowest BCUT2D eigenvalue weighted by atomic mass is 10.1. The number of hydrogen-bond acceptors (Lipinski definition) is 2. The summed E-state index contributed by atoms with van der Waals surface area (Å²) in [6.45, 7) is 0.529. The fraction of sp³-hybridized carbons (Fsp3) is 0.857. The fourth-order valence-electron chi connectivity index (χ4n) is 2.16. The van der Waals surface area contributed by atoms with Gasteiger partial charge in [0, 0.05) is 18.5 Å². The van der Waals surface area contributed by atoms with Crippen molar-refractivity contribution in [3.05, 3.63) is 0 Å². The third-order valence-corrected chi connectivity index (χ3v) is 2.75. The second-order valence-electron chi connectivity index (χ2n) is 3.39. The molecule has 4 nitrogen and oxygen atoms in total. The molecule has 0 radical (unpaired) electrons. The number of likely N-dealkylation sites (tertiary alicyclic amines) is 1. The van der Waals surface area contributed by atoms with Crippen LogP contribution in [0.4, 0.5) is 4.79 Å². The smallest absolute Gasteiger partial charge is 0.407 e. The van der Waals surface area contributed by atoms with E-state index >= 15 is 0 Å². The summed E-state index contributed by atoms with van der Waals surface area (Å²) in [5.41, 5.74) is 0. The van der Waals surface area contributed by atoms with E-state index in [1.807, 2.05) is 0 Å². The van der Waals surface area contributed by atoms with Crippen molar-refractivity contribution >= 4 is 6.09 Å². The van der Waals surface area contributed by atoms with Crippen molar-refractivity contribution in [2.24, 2.45) is 5.92 Å². The van der Waals surface area contributed by atoms with Gasteiger partial charge >= 0.3 is 6.09 Å². The number of rotatable bonds is 0. The first kappa shape index (κ1) is 6.91. The van der Waals surface area contributed by atoms with Gasteiger partial charge < -0.3 is 15.1 Å². The van der Waals surface area contributed by atoms with Gasteiger partial charge in [-0.3, -0.25) is 0 Å². The molecule has 2 bridgehead atoms. The minimum absolute atomic E-state index is 0.0903. The number of fused-ring (bicyclic) bond motifs is 2. The number of hydrogen-bond donors (Lipinski definition) is 2. The van der Waals surface area contributed by atoms with Gasteiger partial charge in [-0.1, -0.05) is 0 Å². The Morgan fingerprint density at radius 1 is 1.45 bits per heavy atom. The highest BCUT2D eigenvalue weighted by Gasteiger charge is 2.45. The zero-order valence-electron chi connectivity index (χ0n) is 6.10. The first-order valence-corrected chi connectivity index (χ1v) is 3.86. The number of nitrogens with zero attached hydrogens (tertiary/aromatic N) is 1. The minimum atomic E-state index is -0.843. The van der Waals surface area contributed by atoms with Gasteiger partial charge in [0.2, 0.25) is 0 Å². The number of carbonyl (C=O) groups is 1. The van der Waals surface area contributed by atoms with Gasteiger partial charge in [-0.2, -0.15) is 0 Å². The molecule has 1 aliphatic heterocycles. The number of aliphatic hydroxyl groups is 1. The van der Waals surface area contributed by atoms with Crippen molar-refractivity contribution in [3.8, 4) is 0 Å². The molecule has 1 aliphatic carbocycles. The zero-order valence-corrected chi connectivity index (χ0v) is 6.10. The lowest BCUT2D eigenvalue weighted by Crippen LogP contribution is -2.40. The molecule has 0 aromatic carbocycles. The van der Waals surface area contributed by atoms with E-state index in [0.29, 0.717) is 13.0 Å².